The molecule has 0 spiro atoms. The van der Waals surface area contributed by atoms with Crippen molar-refractivity contribution in [2.75, 3.05) is 24.0 Å². The molecule has 1 unspecified atom stereocenters. The lowest BCUT2D eigenvalue weighted by atomic mass is 10.1. The maximum absolute atomic E-state index is 11.4. The molecule has 4 nitrogen and oxygen atoms in total. The molecule has 1 N–H and O–H groups in total. The number of rotatable bonds is 5. The Balaban J connectivity index is 3.25. The Morgan fingerprint density at radius 2 is 2.17 bits per heavy atom. The molecule has 0 saturated carbocycles. The summed E-state index contributed by atoms with van der Waals surface area (Å²) in [6, 6.07) is 2.05. The average molecular weight is 268 g/mol. The number of thioether (sulfide) groups is 1. The number of aryl methyl sites for hydroxylation is 2. The van der Waals surface area contributed by atoms with Crippen LogP contribution in [0.2, 0.25) is 0 Å². The number of hydrogen-bond donors (Lipinski definition) is 1. The zero-order valence-corrected chi connectivity index (χ0v) is 12.3. The average Bonchev–Trinajstić information content (AvgIpc) is 2.26. The topological polar surface area (TPSA) is 53.4 Å². The smallest absolute Gasteiger partial charge is 0.339 e. The highest BCUT2D eigenvalue weighted by Crippen LogP contribution is 2.24. The Hall–Kier alpha value is -1.23. The van der Waals surface area contributed by atoms with E-state index in [1.54, 1.807) is 17.8 Å². The molecule has 1 rings (SSSR count). The molecule has 0 bridgehead atoms. The number of nitrogens with zero attached hydrogens (tertiary/aromatic N) is 2. The molecule has 0 saturated heterocycles. The number of carbonyl (C=O) groups is 1. The number of carboxylic acids is 1. The van der Waals surface area contributed by atoms with Crippen LogP contribution in [-0.2, 0) is 0 Å². The van der Waals surface area contributed by atoms with Gasteiger partial charge in [-0.1, -0.05) is 0 Å². The Bertz CT molecular complexity index is 449. The lowest BCUT2D eigenvalue weighted by Crippen LogP contribution is -2.33. The molecular formula is C13H20N2O2S. The molecule has 0 aliphatic rings. The Morgan fingerprint density at radius 3 is 2.67 bits per heavy atom. The van der Waals surface area contributed by atoms with Gasteiger partial charge in [0.25, 0.3) is 0 Å². The Kier molecular flexibility index (Phi) is 5.02. The van der Waals surface area contributed by atoms with Crippen LogP contribution < -0.4 is 4.90 Å². The van der Waals surface area contributed by atoms with E-state index in [1.165, 1.54) is 0 Å². The van der Waals surface area contributed by atoms with Crippen molar-refractivity contribution in [1.82, 2.24) is 4.98 Å². The second-order valence-corrected chi connectivity index (χ2v) is 5.41. The predicted molar refractivity (Wildman–Crippen MR) is 76.9 cm³/mol. The zero-order chi connectivity index (χ0) is 13.9. The Morgan fingerprint density at radius 1 is 1.56 bits per heavy atom. The summed E-state index contributed by atoms with van der Waals surface area (Å²) in [5.41, 5.74) is 1.90. The molecule has 1 aromatic heterocycles. The summed E-state index contributed by atoms with van der Waals surface area (Å²) in [5.74, 6) is 0.573. The van der Waals surface area contributed by atoms with Gasteiger partial charge in [-0.2, -0.15) is 11.8 Å². The van der Waals surface area contributed by atoms with Gasteiger partial charge in [-0.3, -0.25) is 0 Å². The number of hydrogen-bond acceptors (Lipinski definition) is 4. The number of pyridine rings is 1. The molecule has 0 fully saturated rings. The van der Waals surface area contributed by atoms with Crippen LogP contribution in [0.25, 0.3) is 0 Å². The number of aromatic nitrogens is 1. The second kappa shape index (κ2) is 6.09. The molecule has 0 aromatic carbocycles. The highest BCUT2D eigenvalue weighted by Gasteiger charge is 2.21. The third-order valence-corrected chi connectivity index (χ3v) is 3.76. The fourth-order valence-corrected chi connectivity index (χ4v) is 2.60. The van der Waals surface area contributed by atoms with Gasteiger partial charge >= 0.3 is 5.97 Å². The van der Waals surface area contributed by atoms with Gasteiger partial charge in [0, 0.05) is 24.5 Å². The first-order chi connectivity index (χ1) is 8.38. The number of carboxylic acid groups (broad SMARTS) is 1. The summed E-state index contributed by atoms with van der Waals surface area (Å²) in [6.45, 7) is 5.77. The molecule has 0 amide bonds. The van der Waals surface area contributed by atoms with Crippen LogP contribution in [0, 0.1) is 13.8 Å². The van der Waals surface area contributed by atoms with Crippen molar-refractivity contribution in [3.63, 3.8) is 0 Å². The van der Waals surface area contributed by atoms with Gasteiger partial charge < -0.3 is 10.0 Å². The molecule has 0 aliphatic heterocycles. The third-order valence-electron chi connectivity index (χ3n) is 2.94. The van der Waals surface area contributed by atoms with Crippen LogP contribution in [0.5, 0.6) is 0 Å². The van der Waals surface area contributed by atoms with E-state index in [2.05, 4.69) is 11.9 Å². The van der Waals surface area contributed by atoms with E-state index in [4.69, 9.17) is 0 Å². The van der Waals surface area contributed by atoms with Crippen molar-refractivity contribution < 1.29 is 9.90 Å². The molecular weight excluding hydrogens is 248 g/mol. The zero-order valence-electron chi connectivity index (χ0n) is 11.5. The first kappa shape index (κ1) is 14.8. The van der Waals surface area contributed by atoms with Crippen molar-refractivity contribution in [1.29, 1.82) is 0 Å². The van der Waals surface area contributed by atoms with Crippen molar-refractivity contribution >= 4 is 23.5 Å². The van der Waals surface area contributed by atoms with Crippen LogP contribution in [0.1, 0.15) is 28.5 Å². The van der Waals surface area contributed by atoms with Gasteiger partial charge in [-0.25, -0.2) is 9.78 Å². The summed E-state index contributed by atoms with van der Waals surface area (Å²) in [7, 11) is 1.90. The standard InChI is InChI=1S/C13H20N2O2S/c1-8-6-9(2)14-12(11(8)13(16)17)15(4)10(3)7-18-5/h6,10H,7H2,1-5H3,(H,16,17). The van der Waals surface area contributed by atoms with Crippen LogP contribution in [0.15, 0.2) is 6.07 Å². The van der Waals surface area contributed by atoms with E-state index in [0.717, 1.165) is 17.0 Å². The van der Waals surface area contributed by atoms with E-state index in [-0.39, 0.29) is 6.04 Å². The summed E-state index contributed by atoms with van der Waals surface area (Å²) in [4.78, 5) is 17.7. The number of anilines is 1. The second-order valence-electron chi connectivity index (χ2n) is 4.50. The maximum Gasteiger partial charge on any atom is 0.339 e. The van der Waals surface area contributed by atoms with E-state index < -0.39 is 5.97 Å². The monoisotopic (exact) mass is 268 g/mol. The van der Waals surface area contributed by atoms with Crippen LogP contribution in [0.3, 0.4) is 0 Å². The van der Waals surface area contributed by atoms with Gasteiger partial charge in [0.05, 0.1) is 0 Å². The predicted octanol–water partition coefficient (Wildman–Crippen LogP) is 2.58. The van der Waals surface area contributed by atoms with Crippen LogP contribution >= 0.6 is 11.8 Å². The van der Waals surface area contributed by atoms with Gasteiger partial charge in [0.15, 0.2) is 0 Å². The minimum Gasteiger partial charge on any atom is -0.478 e. The highest BCUT2D eigenvalue weighted by atomic mass is 32.2. The molecule has 0 radical (unpaired) electrons. The van der Waals surface area contributed by atoms with E-state index in [0.29, 0.717) is 11.4 Å². The fourth-order valence-electron chi connectivity index (χ4n) is 1.90. The van der Waals surface area contributed by atoms with E-state index in [9.17, 15) is 9.90 Å². The molecule has 1 atom stereocenters. The lowest BCUT2D eigenvalue weighted by molar-refractivity contribution is 0.0696. The minimum atomic E-state index is -0.918. The molecule has 5 heteroatoms. The third kappa shape index (κ3) is 3.16. The lowest BCUT2D eigenvalue weighted by Gasteiger charge is -2.27. The fraction of sp³-hybridized carbons (Fsp3) is 0.538. The summed E-state index contributed by atoms with van der Waals surface area (Å²) >= 11 is 1.74. The minimum absolute atomic E-state index is 0.242. The van der Waals surface area contributed by atoms with E-state index >= 15 is 0 Å². The van der Waals surface area contributed by atoms with Crippen molar-refractivity contribution in [2.24, 2.45) is 0 Å². The highest BCUT2D eigenvalue weighted by molar-refractivity contribution is 7.98. The molecule has 18 heavy (non-hydrogen) atoms. The summed E-state index contributed by atoms with van der Waals surface area (Å²) in [6.07, 6.45) is 2.04. The maximum atomic E-state index is 11.4. The first-order valence-corrected chi connectivity index (χ1v) is 7.21. The van der Waals surface area contributed by atoms with Gasteiger partial charge in [-0.15, -0.1) is 0 Å². The summed E-state index contributed by atoms with van der Waals surface area (Å²) < 4.78 is 0. The molecule has 1 heterocycles. The van der Waals surface area contributed by atoms with Gasteiger partial charge in [0.2, 0.25) is 0 Å². The van der Waals surface area contributed by atoms with E-state index in [1.807, 2.05) is 32.1 Å². The van der Waals surface area contributed by atoms with Crippen molar-refractivity contribution in [3.05, 3.63) is 22.9 Å². The molecule has 0 aliphatic carbocycles. The van der Waals surface area contributed by atoms with Crippen molar-refractivity contribution in [2.45, 2.75) is 26.8 Å². The quantitative estimate of drug-likeness (QED) is 0.889. The van der Waals surface area contributed by atoms with Gasteiger partial charge in [0.1, 0.15) is 11.4 Å². The summed E-state index contributed by atoms with van der Waals surface area (Å²) in [5, 5.41) is 9.33. The molecule has 1 aromatic rings. The SMILES string of the molecule is CSCC(C)N(C)c1nc(C)cc(C)c1C(=O)O. The molecule has 100 valence electrons. The first-order valence-electron chi connectivity index (χ1n) is 5.81. The normalized spacial score (nSPS) is 12.3. The van der Waals surface area contributed by atoms with Crippen LogP contribution in [0.4, 0.5) is 5.82 Å². The largest absolute Gasteiger partial charge is 0.478 e. The van der Waals surface area contributed by atoms with Gasteiger partial charge in [-0.05, 0) is 38.7 Å². The Labute approximate surface area is 112 Å². The van der Waals surface area contributed by atoms with Crippen molar-refractivity contribution in [3.8, 4) is 0 Å². The number of aromatic carboxylic acids is 1. The van der Waals surface area contributed by atoms with Crippen LogP contribution in [-0.4, -0.2) is 41.2 Å².